The third kappa shape index (κ3) is 7.25. The van der Waals surface area contributed by atoms with Crippen LogP contribution in [0.4, 0.5) is 0 Å². The summed E-state index contributed by atoms with van der Waals surface area (Å²) in [5.74, 6) is 0.741. The number of hydrogen-bond donors (Lipinski definition) is 1. The van der Waals surface area contributed by atoms with E-state index in [0.717, 1.165) is 68.1 Å². The first-order chi connectivity index (χ1) is 15.1. The van der Waals surface area contributed by atoms with Gasteiger partial charge in [0.25, 0.3) is 0 Å². The van der Waals surface area contributed by atoms with Gasteiger partial charge in [-0.15, -0.1) is 0 Å². The number of aryl methyl sites for hydroxylation is 1. The molecule has 1 aliphatic rings. The molecule has 32 heavy (non-hydrogen) atoms. The molecule has 1 aromatic carbocycles. The highest BCUT2D eigenvalue weighted by molar-refractivity contribution is 5.73. The van der Waals surface area contributed by atoms with Gasteiger partial charge in [-0.2, -0.15) is 0 Å². The van der Waals surface area contributed by atoms with E-state index < -0.39 is 0 Å². The van der Waals surface area contributed by atoms with Gasteiger partial charge in [-0.25, -0.2) is 0 Å². The van der Waals surface area contributed by atoms with E-state index in [1.165, 1.54) is 5.57 Å². The summed E-state index contributed by atoms with van der Waals surface area (Å²) in [6, 6.07) is 3.86. The molecule has 3 heteroatoms. The van der Waals surface area contributed by atoms with E-state index in [-0.39, 0.29) is 29.0 Å². The van der Waals surface area contributed by atoms with E-state index in [1.54, 1.807) is 0 Å². The lowest BCUT2D eigenvalue weighted by Gasteiger charge is -2.32. The zero-order valence-electron chi connectivity index (χ0n) is 21.2. The molecule has 0 fully saturated rings. The molecule has 0 amide bonds. The van der Waals surface area contributed by atoms with Gasteiger partial charge in [0.15, 0.2) is 0 Å². The molecule has 2 rings (SSSR count). The van der Waals surface area contributed by atoms with Crippen LogP contribution in [0.1, 0.15) is 110 Å². The maximum absolute atomic E-state index is 12.8. The molecule has 0 bridgehead atoms. The second kappa shape index (κ2) is 11.7. The van der Waals surface area contributed by atoms with Crippen LogP contribution in [-0.2, 0) is 11.2 Å². The quantitative estimate of drug-likeness (QED) is 0.163. The molecule has 0 saturated carbocycles. The monoisotopic (exact) mass is 440 g/mol. The van der Waals surface area contributed by atoms with Gasteiger partial charge >= 0.3 is 5.97 Å². The molecule has 178 valence electrons. The molecule has 1 aromatic rings. The third-order valence-electron chi connectivity index (χ3n) is 7.15. The van der Waals surface area contributed by atoms with E-state index in [1.807, 2.05) is 12.1 Å². The number of rotatable bonds is 11. The lowest BCUT2D eigenvalue weighted by atomic mass is 9.73. The predicted molar refractivity (Wildman–Crippen MR) is 134 cm³/mol. The van der Waals surface area contributed by atoms with Crippen LogP contribution >= 0.6 is 0 Å². The Balaban J connectivity index is 2.41. The first-order valence-corrected chi connectivity index (χ1v) is 12.5. The van der Waals surface area contributed by atoms with Crippen LogP contribution in [0.2, 0.25) is 0 Å². The van der Waals surface area contributed by atoms with E-state index in [2.05, 4.69) is 54.2 Å². The van der Waals surface area contributed by atoms with Crippen molar-refractivity contribution in [1.29, 1.82) is 0 Å². The van der Waals surface area contributed by atoms with Crippen LogP contribution in [0, 0.1) is 11.3 Å². The molecular weight excluding hydrogens is 396 g/mol. The van der Waals surface area contributed by atoms with Crippen LogP contribution in [0.3, 0.4) is 0 Å². The van der Waals surface area contributed by atoms with Crippen molar-refractivity contribution in [1.82, 2.24) is 0 Å². The molecule has 0 radical (unpaired) electrons. The molecule has 2 atom stereocenters. The number of benzene rings is 1. The van der Waals surface area contributed by atoms with Crippen LogP contribution in [0.25, 0.3) is 0 Å². The van der Waals surface area contributed by atoms with E-state index in [4.69, 9.17) is 4.74 Å². The Morgan fingerprint density at radius 3 is 2.59 bits per heavy atom. The van der Waals surface area contributed by atoms with Gasteiger partial charge in [0.2, 0.25) is 0 Å². The zero-order chi connectivity index (χ0) is 23.9. The topological polar surface area (TPSA) is 46.5 Å². The summed E-state index contributed by atoms with van der Waals surface area (Å²) in [4.78, 5) is 12.8. The number of carbonyl (C=O) groups is 1. The summed E-state index contributed by atoms with van der Waals surface area (Å²) < 4.78 is 5.97. The number of phenolic OH excluding ortho intramolecular Hbond substituents is 1. The second-order valence-electron chi connectivity index (χ2n) is 10.5. The molecule has 3 nitrogen and oxygen atoms in total. The van der Waals surface area contributed by atoms with Crippen LogP contribution in [0.5, 0.6) is 11.5 Å². The fraction of sp³-hybridized carbons (Fsp3) is 0.621. The summed E-state index contributed by atoms with van der Waals surface area (Å²) in [6.45, 7) is 17.1. The van der Waals surface area contributed by atoms with Crippen molar-refractivity contribution in [3.05, 3.63) is 47.1 Å². The minimum Gasteiger partial charge on any atom is -0.507 e. The Kier molecular flexibility index (Phi) is 9.61. The number of hydrogen-bond acceptors (Lipinski definition) is 3. The Bertz CT molecular complexity index is 831. The van der Waals surface area contributed by atoms with Crippen molar-refractivity contribution in [2.75, 3.05) is 0 Å². The SMILES string of the molecule is C=C(C)[C@@H]1CCC(C)=C[C@H]1c1c(O)cc(CCCCC)cc1OC(=O)CCC(C)(C)CC. The molecule has 0 spiro atoms. The summed E-state index contributed by atoms with van der Waals surface area (Å²) >= 11 is 0. The number of allylic oxidation sites excluding steroid dienone is 3. The van der Waals surface area contributed by atoms with Gasteiger partial charge in [0.05, 0.1) is 0 Å². The number of unbranched alkanes of at least 4 members (excludes halogenated alkanes) is 2. The highest BCUT2D eigenvalue weighted by Crippen LogP contribution is 2.47. The Labute approximate surface area is 196 Å². The molecule has 1 N–H and O–H groups in total. The van der Waals surface area contributed by atoms with Gasteiger partial charge in [0.1, 0.15) is 11.5 Å². The summed E-state index contributed by atoms with van der Waals surface area (Å²) in [5, 5.41) is 11.1. The minimum absolute atomic E-state index is 0.0270. The predicted octanol–water partition coefficient (Wildman–Crippen LogP) is 8.26. The van der Waals surface area contributed by atoms with Gasteiger partial charge < -0.3 is 9.84 Å². The van der Waals surface area contributed by atoms with Crippen LogP contribution < -0.4 is 4.74 Å². The summed E-state index contributed by atoms with van der Waals surface area (Å²) in [6.07, 6.45) is 10.7. The molecule has 1 aliphatic carbocycles. The van der Waals surface area contributed by atoms with Crippen molar-refractivity contribution < 1.29 is 14.6 Å². The molecule has 0 saturated heterocycles. The normalized spacial score (nSPS) is 18.9. The Morgan fingerprint density at radius 1 is 1.25 bits per heavy atom. The van der Waals surface area contributed by atoms with Crippen molar-refractivity contribution in [3.63, 3.8) is 0 Å². The molecular formula is C29H44O3. The van der Waals surface area contributed by atoms with Crippen molar-refractivity contribution in [3.8, 4) is 11.5 Å². The molecule has 0 unspecified atom stereocenters. The van der Waals surface area contributed by atoms with E-state index in [9.17, 15) is 9.90 Å². The van der Waals surface area contributed by atoms with E-state index in [0.29, 0.717) is 12.2 Å². The minimum atomic E-state index is -0.221. The smallest absolute Gasteiger partial charge is 0.311 e. The maximum Gasteiger partial charge on any atom is 0.311 e. The lowest BCUT2D eigenvalue weighted by molar-refractivity contribution is -0.135. The fourth-order valence-electron chi connectivity index (χ4n) is 4.51. The first-order valence-electron chi connectivity index (χ1n) is 12.5. The number of aromatic hydroxyl groups is 1. The lowest BCUT2D eigenvalue weighted by Crippen LogP contribution is -2.20. The van der Waals surface area contributed by atoms with Gasteiger partial charge in [0, 0.05) is 17.9 Å². The fourth-order valence-corrected chi connectivity index (χ4v) is 4.51. The largest absolute Gasteiger partial charge is 0.507 e. The third-order valence-corrected chi connectivity index (χ3v) is 7.15. The molecule has 0 aromatic heterocycles. The Hall–Kier alpha value is -2.03. The number of phenols is 1. The zero-order valence-corrected chi connectivity index (χ0v) is 21.2. The second-order valence-corrected chi connectivity index (χ2v) is 10.5. The van der Waals surface area contributed by atoms with Crippen LogP contribution in [-0.4, -0.2) is 11.1 Å². The average Bonchev–Trinajstić information content (AvgIpc) is 2.72. The first kappa shape index (κ1) is 26.2. The average molecular weight is 441 g/mol. The maximum atomic E-state index is 12.8. The summed E-state index contributed by atoms with van der Waals surface area (Å²) in [5.41, 5.74) is 4.28. The van der Waals surface area contributed by atoms with Crippen molar-refractivity contribution in [2.45, 2.75) is 105 Å². The Morgan fingerprint density at radius 2 is 1.97 bits per heavy atom. The van der Waals surface area contributed by atoms with E-state index >= 15 is 0 Å². The number of esters is 1. The highest BCUT2D eigenvalue weighted by atomic mass is 16.5. The van der Waals surface area contributed by atoms with Crippen LogP contribution in [0.15, 0.2) is 35.9 Å². The number of ether oxygens (including phenoxy) is 1. The summed E-state index contributed by atoms with van der Waals surface area (Å²) in [7, 11) is 0. The van der Waals surface area contributed by atoms with Gasteiger partial charge in [-0.05, 0) is 75.0 Å². The van der Waals surface area contributed by atoms with Gasteiger partial charge in [-0.1, -0.05) is 70.8 Å². The standard InChI is InChI=1S/C29H44O3/c1-8-10-11-12-22-18-25(30)28(24-17-21(5)13-14-23(24)20(3)4)26(19-22)32-27(31)15-16-29(6,7)9-2/h17-19,23-24,30H,3,8-16H2,1-2,4-7H3/t23-,24+/m0/s1. The highest BCUT2D eigenvalue weighted by Gasteiger charge is 2.31. The van der Waals surface area contributed by atoms with Crippen molar-refractivity contribution in [2.24, 2.45) is 11.3 Å². The molecule has 0 aliphatic heterocycles. The molecule has 0 heterocycles. The van der Waals surface area contributed by atoms with Gasteiger partial charge in [-0.3, -0.25) is 4.79 Å². The number of carbonyl (C=O) groups excluding carboxylic acids is 1. The van der Waals surface area contributed by atoms with Crippen molar-refractivity contribution >= 4 is 5.97 Å².